The fourth-order valence-corrected chi connectivity index (χ4v) is 1.82. The normalized spacial score (nSPS) is 13.8. The molecule has 4 nitrogen and oxygen atoms in total. The first kappa shape index (κ1) is 15.5. The standard InChI is InChI=1S/C13H20O4/c1-5-7-8-13(11(14)15,9-10(3)4)12(16)17-6-2/h1,10H,6-9H2,2-4H3,(H,14,15). The van der Waals surface area contributed by atoms with Gasteiger partial charge >= 0.3 is 11.9 Å². The molecule has 0 aliphatic rings. The lowest BCUT2D eigenvalue weighted by Crippen LogP contribution is -2.42. The first-order valence-electron chi connectivity index (χ1n) is 5.74. The van der Waals surface area contributed by atoms with Crippen molar-refractivity contribution in [1.29, 1.82) is 0 Å². The maximum Gasteiger partial charge on any atom is 0.323 e. The van der Waals surface area contributed by atoms with Crippen molar-refractivity contribution in [2.75, 3.05) is 6.61 Å². The van der Waals surface area contributed by atoms with Crippen molar-refractivity contribution in [1.82, 2.24) is 0 Å². The zero-order valence-corrected chi connectivity index (χ0v) is 10.7. The molecule has 0 aliphatic carbocycles. The van der Waals surface area contributed by atoms with E-state index in [-0.39, 0.29) is 31.8 Å². The Labute approximate surface area is 102 Å². The van der Waals surface area contributed by atoms with Gasteiger partial charge in [-0.1, -0.05) is 13.8 Å². The summed E-state index contributed by atoms with van der Waals surface area (Å²) >= 11 is 0. The van der Waals surface area contributed by atoms with Gasteiger partial charge in [0.2, 0.25) is 0 Å². The zero-order chi connectivity index (χ0) is 13.5. The number of carboxylic acid groups (broad SMARTS) is 1. The fraction of sp³-hybridized carbons (Fsp3) is 0.692. The summed E-state index contributed by atoms with van der Waals surface area (Å²) in [6.45, 7) is 5.56. The SMILES string of the molecule is C#CCCC(CC(C)C)(C(=O)O)C(=O)OCC. The van der Waals surface area contributed by atoms with Crippen molar-refractivity contribution in [2.45, 2.75) is 40.0 Å². The number of carbonyl (C=O) groups excluding carboxylic acids is 1. The number of rotatable bonds is 7. The Balaban J connectivity index is 5.16. The first-order chi connectivity index (χ1) is 7.90. The summed E-state index contributed by atoms with van der Waals surface area (Å²) in [7, 11) is 0. The van der Waals surface area contributed by atoms with Crippen LogP contribution >= 0.6 is 0 Å². The van der Waals surface area contributed by atoms with E-state index in [1.165, 1.54) is 0 Å². The Bertz CT molecular complexity index is 314. The van der Waals surface area contributed by atoms with Gasteiger partial charge in [0, 0.05) is 6.42 Å². The highest BCUT2D eigenvalue weighted by Gasteiger charge is 2.47. The van der Waals surface area contributed by atoms with Gasteiger partial charge in [-0.3, -0.25) is 9.59 Å². The van der Waals surface area contributed by atoms with Gasteiger partial charge in [-0.05, 0) is 25.7 Å². The molecule has 1 unspecified atom stereocenters. The van der Waals surface area contributed by atoms with Gasteiger partial charge in [-0.15, -0.1) is 12.3 Å². The molecular formula is C13H20O4. The molecule has 0 amide bonds. The Hall–Kier alpha value is -1.50. The third kappa shape index (κ3) is 4.10. The molecule has 1 atom stereocenters. The van der Waals surface area contributed by atoms with Crippen LogP contribution in [-0.4, -0.2) is 23.7 Å². The largest absolute Gasteiger partial charge is 0.480 e. The smallest absolute Gasteiger partial charge is 0.323 e. The summed E-state index contributed by atoms with van der Waals surface area (Å²) in [6.07, 6.45) is 5.75. The van der Waals surface area contributed by atoms with E-state index in [2.05, 4.69) is 5.92 Å². The molecule has 4 heteroatoms. The molecule has 17 heavy (non-hydrogen) atoms. The van der Waals surface area contributed by atoms with E-state index in [0.29, 0.717) is 0 Å². The van der Waals surface area contributed by atoms with Crippen LogP contribution in [0.15, 0.2) is 0 Å². The van der Waals surface area contributed by atoms with Crippen LogP contribution in [0.2, 0.25) is 0 Å². The molecule has 0 radical (unpaired) electrons. The van der Waals surface area contributed by atoms with Crippen molar-refractivity contribution in [2.24, 2.45) is 11.3 Å². The van der Waals surface area contributed by atoms with E-state index in [0.717, 1.165) is 0 Å². The number of esters is 1. The molecule has 0 fully saturated rings. The Morgan fingerprint density at radius 1 is 1.47 bits per heavy atom. The van der Waals surface area contributed by atoms with Crippen LogP contribution in [0.25, 0.3) is 0 Å². The van der Waals surface area contributed by atoms with Crippen LogP contribution in [0.5, 0.6) is 0 Å². The maximum atomic E-state index is 11.9. The van der Waals surface area contributed by atoms with E-state index >= 15 is 0 Å². The molecule has 0 aromatic heterocycles. The molecule has 0 rings (SSSR count). The van der Waals surface area contributed by atoms with Crippen molar-refractivity contribution in [3.63, 3.8) is 0 Å². The number of hydrogen-bond donors (Lipinski definition) is 1. The zero-order valence-electron chi connectivity index (χ0n) is 10.7. The van der Waals surface area contributed by atoms with E-state index in [1.54, 1.807) is 6.92 Å². The molecule has 96 valence electrons. The fourth-order valence-electron chi connectivity index (χ4n) is 1.82. The summed E-state index contributed by atoms with van der Waals surface area (Å²) in [5.74, 6) is 0.617. The second-order valence-electron chi connectivity index (χ2n) is 4.41. The highest BCUT2D eigenvalue weighted by Crippen LogP contribution is 2.34. The Morgan fingerprint density at radius 2 is 2.06 bits per heavy atom. The van der Waals surface area contributed by atoms with Crippen molar-refractivity contribution < 1.29 is 19.4 Å². The molecule has 0 aliphatic heterocycles. The van der Waals surface area contributed by atoms with Crippen LogP contribution in [0, 0.1) is 23.7 Å². The molecule has 0 aromatic rings. The Morgan fingerprint density at radius 3 is 2.41 bits per heavy atom. The van der Waals surface area contributed by atoms with Crippen molar-refractivity contribution in [3.05, 3.63) is 0 Å². The van der Waals surface area contributed by atoms with E-state index in [4.69, 9.17) is 11.2 Å². The van der Waals surface area contributed by atoms with Gasteiger partial charge in [0.15, 0.2) is 5.41 Å². The molecule has 0 heterocycles. The van der Waals surface area contributed by atoms with Crippen LogP contribution in [-0.2, 0) is 14.3 Å². The van der Waals surface area contributed by atoms with Gasteiger partial charge < -0.3 is 9.84 Å². The maximum absolute atomic E-state index is 11.9. The number of carboxylic acids is 1. The average molecular weight is 240 g/mol. The third-order valence-corrected chi connectivity index (χ3v) is 2.53. The first-order valence-corrected chi connectivity index (χ1v) is 5.74. The monoisotopic (exact) mass is 240 g/mol. The average Bonchev–Trinajstić information content (AvgIpc) is 2.23. The van der Waals surface area contributed by atoms with Crippen LogP contribution in [0.1, 0.15) is 40.0 Å². The topological polar surface area (TPSA) is 63.6 Å². The Kier molecular flexibility index (Phi) is 6.34. The highest BCUT2D eigenvalue weighted by atomic mass is 16.5. The number of hydrogen-bond acceptors (Lipinski definition) is 3. The quantitative estimate of drug-likeness (QED) is 0.420. The molecule has 0 saturated carbocycles. The lowest BCUT2D eigenvalue weighted by atomic mass is 9.76. The highest BCUT2D eigenvalue weighted by molar-refractivity contribution is 5.99. The third-order valence-electron chi connectivity index (χ3n) is 2.53. The van der Waals surface area contributed by atoms with Gasteiger partial charge in [-0.2, -0.15) is 0 Å². The van der Waals surface area contributed by atoms with Gasteiger partial charge in [0.1, 0.15) is 0 Å². The molecule has 0 saturated heterocycles. The van der Waals surface area contributed by atoms with E-state index in [1.807, 2.05) is 13.8 Å². The van der Waals surface area contributed by atoms with Crippen molar-refractivity contribution >= 4 is 11.9 Å². The predicted octanol–water partition coefficient (Wildman–Crippen LogP) is 2.08. The number of ether oxygens (including phenoxy) is 1. The second kappa shape index (κ2) is 6.95. The van der Waals surface area contributed by atoms with E-state index < -0.39 is 17.4 Å². The predicted molar refractivity (Wildman–Crippen MR) is 64.2 cm³/mol. The van der Waals surface area contributed by atoms with Gasteiger partial charge in [-0.25, -0.2) is 0 Å². The molecule has 0 spiro atoms. The van der Waals surface area contributed by atoms with Crippen LogP contribution in [0.4, 0.5) is 0 Å². The van der Waals surface area contributed by atoms with Gasteiger partial charge in [0.25, 0.3) is 0 Å². The van der Waals surface area contributed by atoms with Gasteiger partial charge in [0.05, 0.1) is 6.61 Å². The summed E-state index contributed by atoms with van der Waals surface area (Å²) in [4.78, 5) is 23.3. The number of aliphatic carboxylic acids is 1. The van der Waals surface area contributed by atoms with E-state index in [9.17, 15) is 14.7 Å². The molecular weight excluding hydrogens is 220 g/mol. The summed E-state index contributed by atoms with van der Waals surface area (Å²) in [5.41, 5.74) is -1.50. The van der Waals surface area contributed by atoms with Crippen LogP contribution < -0.4 is 0 Å². The lowest BCUT2D eigenvalue weighted by Gasteiger charge is -2.28. The lowest BCUT2D eigenvalue weighted by molar-refractivity contribution is -0.170. The van der Waals surface area contributed by atoms with Crippen LogP contribution in [0.3, 0.4) is 0 Å². The minimum Gasteiger partial charge on any atom is -0.480 e. The molecule has 0 aromatic carbocycles. The molecule has 0 bridgehead atoms. The summed E-state index contributed by atoms with van der Waals surface area (Å²) < 4.78 is 4.88. The summed E-state index contributed by atoms with van der Waals surface area (Å²) in [6, 6.07) is 0. The number of terminal acetylenes is 1. The number of carbonyl (C=O) groups is 2. The van der Waals surface area contributed by atoms with Crippen molar-refractivity contribution in [3.8, 4) is 12.3 Å². The molecule has 1 N–H and O–H groups in total. The minimum absolute atomic E-state index is 0.0771. The second-order valence-corrected chi connectivity index (χ2v) is 4.41. The summed E-state index contributed by atoms with van der Waals surface area (Å²) in [5, 5.41) is 9.33. The minimum atomic E-state index is -1.50.